The van der Waals surface area contributed by atoms with E-state index in [1.54, 1.807) is 7.11 Å². The summed E-state index contributed by atoms with van der Waals surface area (Å²) in [5, 5.41) is 0. The van der Waals surface area contributed by atoms with Gasteiger partial charge in [0.15, 0.2) is 0 Å². The van der Waals surface area contributed by atoms with Crippen LogP contribution in [0.15, 0.2) is 0 Å². The molecule has 0 saturated carbocycles. The lowest BCUT2D eigenvalue weighted by Crippen LogP contribution is -2.27. The molecule has 0 radical (unpaired) electrons. The van der Waals surface area contributed by atoms with Gasteiger partial charge in [0.05, 0.1) is 0 Å². The standard InChI is InChI=1S/C14H25IO/c1-13(2)12-14(3,16-4)10-8-6-5-7-9-11-15/h13H,5-7,9,11-12H2,1-4H3. The molecule has 0 aliphatic heterocycles. The van der Waals surface area contributed by atoms with Crippen molar-refractivity contribution in [3.63, 3.8) is 0 Å². The normalized spacial score (nSPS) is 14.4. The number of rotatable bonds is 7. The third-order valence-electron chi connectivity index (χ3n) is 2.54. The fraction of sp³-hybridized carbons (Fsp3) is 0.857. The Morgan fingerprint density at radius 1 is 1.25 bits per heavy atom. The summed E-state index contributed by atoms with van der Waals surface area (Å²) < 4.78 is 6.76. The first-order valence-corrected chi connectivity index (χ1v) is 7.68. The molecule has 1 nitrogen and oxygen atoms in total. The molecule has 0 aromatic rings. The fourth-order valence-corrected chi connectivity index (χ4v) is 2.24. The second-order valence-electron chi connectivity index (χ2n) is 4.83. The zero-order valence-electron chi connectivity index (χ0n) is 11.1. The van der Waals surface area contributed by atoms with Crippen molar-refractivity contribution in [1.29, 1.82) is 0 Å². The average molecular weight is 336 g/mol. The van der Waals surface area contributed by atoms with E-state index in [9.17, 15) is 0 Å². The number of halogens is 1. The molecule has 0 rings (SSSR count). The van der Waals surface area contributed by atoms with Gasteiger partial charge in [0.25, 0.3) is 0 Å². The fourth-order valence-electron chi connectivity index (χ4n) is 1.70. The lowest BCUT2D eigenvalue weighted by atomic mass is 9.94. The maximum atomic E-state index is 5.50. The number of alkyl halides is 1. The van der Waals surface area contributed by atoms with Crippen LogP contribution in [-0.4, -0.2) is 17.1 Å². The molecule has 94 valence electrons. The third kappa shape index (κ3) is 8.41. The molecule has 0 aliphatic carbocycles. The van der Waals surface area contributed by atoms with Crippen LogP contribution in [0.25, 0.3) is 0 Å². The molecule has 0 amide bonds. The first-order chi connectivity index (χ1) is 7.54. The van der Waals surface area contributed by atoms with Gasteiger partial charge in [-0.05, 0) is 36.5 Å². The minimum absolute atomic E-state index is 0.253. The molecule has 2 heteroatoms. The number of hydrogen-bond donors (Lipinski definition) is 0. The van der Waals surface area contributed by atoms with E-state index in [1.165, 1.54) is 23.7 Å². The summed E-state index contributed by atoms with van der Waals surface area (Å²) >= 11 is 2.42. The largest absolute Gasteiger partial charge is 0.366 e. The number of hydrogen-bond acceptors (Lipinski definition) is 1. The van der Waals surface area contributed by atoms with Gasteiger partial charge in [0, 0.05) is 13.5 Å². The van der Waals surface area contributed by atoms with Crippen molar-refractivity contribution in [1.82, 2.24) is 0 Å². The summed E-state index contributed by atoms with van der Waals surface area (Å²) in [7, 11) is 1.76. The monoisotopic (exact) mass is 336 g/mol. The number of ether oxygens (including phenoxy) is 1. The molecule has 0 aromatic heterocycles. The van der Waals surface area contributed by atoms with Gasteiger partial charge in [0.1, 0.15) is 5.60 Å². The van der Waals surface area contributed by atoms with E-state index in [0.717, 1.165) is 12.8 Å². The van der Waals surface area contributed by atoms with Crippen molar-refractivity contribution in [2.24, 2.45) is 5.92 Å². The van der Waals surface area contributed by atoms with Crippen molar-refractivity contribution in [3.05, 3.63) is 0 Å². The van der Waals surface area contributed by atoms with Crippen molar-refractivity contribution in [3.8, 4) is 11.8 Å². The summed E-state index contributed by atoms with van der Waals surface area (Å²) in [5.41, 5.74) is -0.253. The Morgan fingerprint density at radius 3 is 2.44 bits per heavy atom. The topological polar surface area (TPSA) is 9.23 Å². The summed E-state index contributed by atoms with van der Waals surface area (Å²) in [6, 6.07) is 0. The summed E-state index contributed by atoms with van der Waals surface area (Å²) in [6.07, 6.45) is 5.84. The zero-order chi connectivity index (χ0) is 12.4. The Balaban J connectivity index is 3.95. The van der Waals surface area contributed by atoms with Crippen LogP contribution in [-0.2, 0) is 4.74 Å². The Labute approximate surface area is 115 Å². The van der Waals surface area contributed by atoms with Crippen LogP contribution in [0.3, 0.4) is 0 Å². The minimum Gasteiger partial charge on any atom is -0.366 e. The Bertz CT molecular complexity index is 227. The smallest absolute Gasteiger partial charge is 0.125 e. The molecule has 0 heterocycles. The molecule has 0 saturated heterocycles. The highest BCUT2D eigenvalue weighted by Crippen LogP contribution is 2.19. The summed E-state index contributed by atoms with van der Waals surface area (Å²) in [6.45, 7) is 6.50. The van der Waals surface area contributed by atoms with E-state index in [0.29, 0.717) is 5.92 Å². The highest BCUT2D eigenvalue weighted by Gasteiger charge is 2.21. The van der Waals surface area contributed by atoms with E-state index in [1.807, 2.05) is 0 Å². The maximum Gasteiger partial charge on any atom is 0.125 e. The molecule has 0 fully saturated rings. The minimum atomic E-state index is -0.253. The van der Waals surface area contributed by atoms with E-state index in [4.69, 9.17) is 4.74 Å². The zero-order valence-corrected chi connectivity index (χ0v) is 13.3. The van der Waals surface area contributed by atoms with Gasteiger partial charge in [-0.25, -0.2) is 0 Å². The van der Waals surface area contributed by atoms with Crippen LogP contribution >= 0.6 is 22.6 Å². The number of methoxy groups -OCH3 is 1. The van der Waals surface area contributed by atoms with Crippen LogP contribution in [0.5, 0.6) is 0 Å². The lowest BCUT2D eigenvalue weighted by molar-refractivity contribution is 0.0395. The van der Waals surface area contributed by atoms with Crippen molar-refractivity contribution in [2.45, 2.75) is 58.5 Å². The van der Waals surface area contributed by atoms with Crippen molar-refractivity contribution in [2.75, 3.05) is 11.5 Å². The Hall–Kier alpha value is 0.250. The average Bonchev–Trinajstić information content (AvgIpc) is 2.22. The molecule has 0 spiro atoms. The summed E-state index contributed by atoms with van der Waals surface area (Å²) in [5.74, 6) is 7.17. The van der Waals surface area contributed by atoms with Crippen LogP contribution < -0.4 is 0 Å². The van der Waals surface area contributed by atoms with Gasteiger partial charge in [-0.15, -0.1) is 5.92 Å². The molecule has 0 aromatic carbocycles. The van der Waals surface area contributed by atoms with Gasteiger partial charge in [-0.1, -0.05) is 48.8 Å². The second kappa shape index (κ2) is 9.30. The van der Waals surface area contributed by atoms with Crippen LogP contribution in [0.4, 0.5) is 0 Å². The maximum absolute atomic E-state index is 5.50. The molecular weight excluding hydrogens is 311 g/mol. The second-order valence-corrected chi connectivity index (χ2v) is 5.91. The lowest BCUT2D eigenvalue weighted by Gasteiger charge is -2.23. The van der Waals surface area contributed by atoms with E-state index >= 15 is 0 Å². The number of unbranched alkanes of at least 4 members (excludes halogenated alkanes) is 3. The molecule has 1 atom stereocenters. The third-order valence-corrected chi connectivity index (χ3v) is 3.30. The highest BCUT2D eigenvalue weighted by atomic mass is 127. The summed E-state index contributed by atoms with van der Waals surface area (Å²) in [4.78, 5) is 0. The van der Waals surface area contributed by atoms with Gasteiger partial charge in [0.2, 0.25) is 0 Å². The van der Waals surface area contributed by atoms with Crippen LogP contribution in [0.2, 0.25) is 0 Å². The first-order valence-electron chi connectivity index (χ1n) is 6.15. The predicted molar refractivity (Wildman–Crippen MR) is 80.0 cm³/mol. The van der Waals surface area contributed by atoms with E-state index in [-0.39, 0.29) is 5.60 Å². The Morgan fingerprint density at radius 2 is 1.94 bits per heavy atom. The van der Waals surface area contributed by atoms with Gasteiger partial charge >= 0.3 is 0 Å². The predicted octanol–water partition coefficient (Wildman–Crippen LogP) is 4.44. The van der Waals surface area contributed by atoms with Crippen LogP contribution in [0, 0.1) is 17.8 Å². The van der Waals surface area contributed by atoms with Crippen molar-refractivity contribution < 1.29 is 4.74 Å². The molecule has 0 bridgehead atoms. The quantitative estimate of drug-likeness (QED) is 0.289. The molecule has 16 heavy (non-hydrogen) atoms. The molecular formula is C14H25IO. The molecule has 0 aliphatic rings. The van der Waals surface area contributed by atoms with Gasteiger partial charge in [-0.2, -0.15) is 0 Å². The first kappa shape index (κ1) is 16.2. The molecule has 1 unspecified atom stereocenters. The SMILES string of the molecule is COC(C)(C#CCCCCCI)CC(C)C. The van der Waals surface area contributed by atoms with Crippen molar-refractivity contribution >= 4 is 22.6 Å². The van der Waals surface area contributed by atoms with Gasteiger partial charge < -0.3 is 4.74 Å². The molecule has 0 N–H and O–H groups in total. The Kier molecular flexibility index (Phi) is 9.44. The van der Waals surface area contributed by atoms with Crippen LogP contribution in [0.1, 0.15) is 52.9 Å². The van der Waals surface area contributed by atoms with E-state index in [2.05, 4.69) is 55.2 Å². The van der Waals surface area contributed by atoms with Gasteiger partial charge in [-0.3, -0.25) is 0 Å². The highest BCUT2D eigenvalue weighted by molar-refractivity contribution is 14.1. The van der Waals surface area contributed by atoms with E-state index < -0.39 is 0 Å².